The van der Waals surface area contributed by atoms with Crippen LogP contribution in [0.5, 0.6) is 0 Å². The van der Waals surface area contributed by atoms with Gasteiger partial charge in [-0.25, -0.2) is 14.0 Å². The maximum absolute atomic E-state index is 14.4. The molecule has 1 heterocycles. The van der Waals surface area contributed by atoms with Crippen LogP contribution in [0.1, 0.15) is 27.6 Å². The van der Waals surface area contributed by atoms with Crippen LogP contribution in [-0.4, -0.2) is 43.0 Å². The first-order valence-electron chi connectivity index (χ1n) is 8.34. The normalized spacial score (nSPS) is 24.8. The molecule has 2 aromatic carbocycles. The number of rotatable bonds is 5. The Labute approximate surface area is 150 Å². The second-order valence-corrected chi connectivity index (χ2v) is 6.02. The topological polar surface area (TPSA) is 61.8 Å². The molecular formula is C20H19FO5. The molecule has 1 aliphatic heterocycles. The van der Waals surface area contributed by atoms with Crippen molar-refractivity contribution in [3.8, 4) is 0 Å². The second kappa shape index (κ2) is 8.10. The summed E-state index contributed by atoms with van der Waals surface area (Å²) in [5, 5.41) is 0. The van der Waals surface area contributed by atoms with E-state index in [0.717, 1.165) is 0 Å². The smallest absolute Gasteiger partial charge is 0.338 e. The monoisotopic (exact) mass is 358 g/mol. The van der Waals surface area contributed by atoms with Crippen molar-refractivity contribution in [1.29, 1.82) is 0 Å². The molecule has 4 atom stereocenters. The summed E-state index contributed by atoms with van der Waals surface area (Å²) in [7, 11) is 0. The zero-order chi connectivity index (χ0) is 18.5. The van der Waals surface area contributed by atoms with Crippen LogP contribution in [0.15, 0.2) is 60.7 Å². The molecule has 0 spiro atoms. The maximum Gasteiger partial charge on any atom is 0.338 e. The van der Waals surface area contributed by atoms with E-state index < -0.39 is 36.4 Å². The van der Waals surface area contributed by atoms with Crippen LogP contribution in [0, 0.1) is 0 Å². The molecule has 3 rings (SSSR count). The number of benzene rings is 2. The lowest BCUT2D eigenvalue weighted by atomic mass is 10.1. The van der Waals surface area contributed by atoms with Crippen molar-refractivity contribution >= 4 is 11.9 Å². The summed E-state index contributed by atoms with van der Waals surface area (Å²) in [5.41, 5.74) is 0.701. The summed E-state index contributed by atoms with van der Waals surface area (Å²) in [6, 6.07) is 16.8. The van der Waals surface area contributed by atoms with Crippen molar-refractivity contribution in [1.82, 2.24) is 0 Å². The van der Waals surface area contributed by atoms with Crippen molar-refractivity contribution in [2.24, 2.45) is 0 Å². The van der Waals surface area contributed by atoms with Crippen molar-refractivity contribution in [2.75, 3.05) is 6.61 Å². The Morgan fingerprint density at radius 2 is 1.50 bits per heavy atom. The van der Waals surface area contributed by atoms with Gasteiger partial charge >= 0.3 is 11.9 Å². The van der Waals surface area contributed by atoms with Gasteiger partial charge in [-0.15, -0.1) is 0 Å². The zero-order valence-corrected chi connectivity index (χ0v) is 14.2. The van der Waals surface area contributed by atoms with Crippen LogP contribution in [0.4, 0.5) is 4.39 Å². The number of carbonyl (C=O) groups excluding carboxylic acids is 2. The standard InChI is InChI=1S/C20H19FO5/c1-13-17(21)18(26-20(23)15-10-6-3-7-11-15)16(25-13)12-24-19(22)14-8-4-2-5-9-14/h2-11,13,16-18H,12H2,1H3. The maximum atomic E-state index is 14.4. The highest BCUT2D eigenvalue weighted by Crippen LogP contribution is 2.27. The molecule has 0 amide bonds. The molecule has 0 N–H and O–H groups in total. The van der Waals surface area contributed by atoms with Gasteiger partial charge < -0.3 is 14.2 Å². The van der Waals surface area contributed by atoms with E-state index in [1.54, 1.807) is 67.6 Å². The number of esters is 2. The fourth-order valence-corrected chi connectivity index (χ4v) is 2.76. The lowest BCUT2D eigenvalue weighted by Crippen LogP contribution is -2.37. The van der Waals surface area contributed by atoms with E-state index in [1.165, 1.54) is 0 Å². The van der Waals surface area contributed by atoms with Crippen LogP contribution in [0.3, 0.4) is 0 Å². The lowest BCUT2D eigenvalue weighted by Gasteiger charge is -2.20. The minimum absolute atomic E-state index is 0.203. The number of hydrogen-bond donors (Lipinski definition) is 0. The molecule has 0 aliphatic carbocycles. The molecule has 0 radical (unpaired) electrons. The summed E-state index contributed by atoms with van der Waals surface area (Å²) < 4.78 is 30.4. The molecule has 0 aromatic heterocycles. The average Bonchev–Trinajstić information content (AvgIpc) is 2.95. The van der Waals surface area contributed by atoms with Gasteiger partial charge in [-0.2, -0.15) is 0 Å². The van der Waals surface area contributed by atoms with Crippen molar-refractivity contribution < 1.29 is 28.2 Å². The Morgan fingerprint density at radius 1 is 0.962 bits per heavy atom. The van der Waals surface area contributed by atoms with E-state index in [-0.39, 0.29) is 6.61 Å². The molecule has 1 fully saturated rings. The number of alkyl halides is 1. The minimum Gasteiger partial charge on any atom is -0.459 e. The number of halogens is 1. The molecule has 4 unspecified atom stereocenters. The van der Waals surface area contributed by atoms with E-state index in [9.17, 15) is 14.0 Å². The number of carbonyl (C=O) groups is 2. The van der Waals surface area contributed by atoms with Gasteiger partial charge in [-0.3, -0.25) is 0 Å². The highest BCUT2D eigenvalue weighted by Gasteiger charge is 2.46. The van der Waals surface area contributed by atoms with Crippen LogP contribution in [0.2, 0.25) is 0 Å². The zero-order valence-electron chi connectivity index (χ0n) is 14.2. The quantitative estimate of drug-likeness (QED) is 0.768. The van der Waals surface area contributed by atoms with Gasteiger partial charge in [0.05, 0.1) is 17.2 Å². The molecule has 136 valence electrons. The highest BCUT2D eigenvalue weighted by atomic mass is 19.1. The van der Waals surface area contributed by atoms with Gasteiger partial charge in [0.2, 0.25) is 0 Å². The molecular weight excluding hydrogens is 339 g/mol. The first kappa shape index (κ1) is 18.1. The summed E-state index contributed by atoms with van der Waals surface area (Å²) in [6.45, 7) is 1.35. The molecule has 1 aliphatic rings. The molecule has 0 saturated carbocycles. The molecule has 5 nitrogen and oxygen atoms in total. The first-order valence-corrected chi connectivity index (χ1v) is 8.34. The third kappa shape index (κ3) is 4.08. The SMILES string of the molecule is CC1OC(COC(=O)c2ccccc2)C(OC(=O)c2ccccc2)C1F. The minimum atomic E-state index is -1.50. The van der Waals surface area contributed by atoms with E-state index >= 15 is 0 Å². The van der Waals surface area contributed by atoms with Crippen LogP contribution in [-0.2, 0) is 14.2 Å². The average molecular weight is 358 g/mol. The van der Waals surface area contributed by atoms with Crippen LogP contribution < -0.4 is 0 Å². The molecule has 1 saturated heterocycles. The summed E-state index contributed by atoms with van der Waals surface area (Å²) in [6.07, 6.45) is -4.26. The van der Waals surface area contributed by atoms with E-state index in [2.05, 4.69) is 0 Å². The Hall–Kier alpha value is -2.73. The lowest BCUT2D eigenvalue weighted by molar-refractivity contribution is -0.0403. The number of ether oxygens (including phenoxy) is 3. The van der Waals surface area contributed by atoms with Crippen LogP contribution >= 0.6 is 0 Å². The largest absolute Gasteiger partial charge is 0.459 e. The van der Waals surface area contributed by atoms with E-state index in [0.29, 0.717) is 11.1 Å². The van der Waals surface area contributed by atoms with Crippen molar-refractivity contribution in [2.45, 2.75) is 31.4 Å². The van der Waals surface area contributed by atoms with E-state index in [1.807, 2.05) is 0 Å². The first-order chi connectivity index (χ1) is 12.6. The molecule has 2 aromatic rings. The highest BCUT2D eigenvalue weighted by molar-refractivity contribution is 5.90. The van der Waals surface area contributed by atoms with Crippen molar-refractivity contribution in [3.05, 3.63) is 71.8 Å². The third-order valence-electron chi connectivity index (χ3n) is 4.16. The second-order valence-electron chi connectivity index (χ2n) is 6.02. The summed E-state index contributed by atoms with van der Waals surface area (Å²) >= 11 is 0. The molecule has 0 bridgehead atoms. The molecule has 26 heavy (non-hydrogen) atoms. The molecule has 6 heteroatoms. The summed E-state index contributed by atoms with van der Waals surface area (Å²) in [4.78, 5) is 24.2. The van der Waals surface area contributed by atoms with E-state index in [4.69, 9.17) is 14.2 Å². The van der Waals surface area contributed by atoms with Crippen LogP contribution in [0.25, 0.3) is 0 Å². The Bertz CT molecular complexity index is 749. The van der Waals surface area contributed by atoms with Gasteiger partial charge in [0.1, 0.15) is 12.7 Å². The third-order valence-corrected chi connectivity index (χ3v) is 4.16. The number of hydrogen-bond acceptors (Lipinski definition) is 5. The fourth-order valence-electron chi connectivity index (χ4n) is 2.76. The Morgan fingerprint density at radius 3 is 2.08 bits per heavy atom. The predicted molar refractivity (Wildman–Crippen MR) is 91.6 cm³/mol. The van der Waals surface area contributed by atoms with Gasteiger partial charge in [0, 0.05) is 0 Å². The van der Waals surface area contributed by atoms with Crippen molar-refractivity contribution in [3.63, 3.8) is 0 Å². The predicted octanol–water partition coefficient (Wildman–Crippen LogP) is 3.19. The fraction of sp³-hybridized carbons (Fsp3) is 0.300. The Kier molecular flexibility index (Phi) is 5.63. The van der Waals surface area contributed by atoms with Gasteiger partial charge in [0.15, 0.2) is 12.3 Å². The van der Waals surface area contributed by atoms with Gasteiger partial charge in [-0.1, -0.05) is 36.4 Å². The van der Waals surface area contributed by atoms with Gasteiger partial charge in [-0.05, 0) is 31.2 Å². The Balaban J connectivity index is 1.63. The summed E-state index contributed by atoms with van der Waals surface area (Å²) in [5.74, 6) is -1.19. The van der Waals surface area contributed by atoms with Gasteiger partial charge in [0.25, 0.3) is 0 Å².